The number of rotatable bonds is 36. The van der Waals surface area contributed by atoms with E-state index in [0.29, 0.717) is 12.8 Å². The van der Waals surface area contributed by atoms with Gasteiger partial charge in [-0.3, -0.25) is 9.59 Å². The third-order valence-electron chi connectivity index (χ3n) is 9.29. The van der Waals surface area contributed by atoms with E-state index in [4.69, 9.17) is 11.5 Å². The van der Waals surface area contributed by atoms with Crippen LogP contribution < -0.4 is 11.5 Å². The number of nitrogens with two attached hydrogens (primary N) is 2. The van der Waals surface area contributed by atoms with E-state index >= 15 is 0 Å². The molecule has 42 heavy (non-hydrogen) atoms. The molecule has 0 aromatic rings. The van der Waals surface area contributed by atoms with Crippen LogP contribution in [0.25, 0.3) is 0 Å². The van der Waals surface area contributed by atoms with Gasteiger partial charge in [-0.25, -0.2) is 0 Å². The summed E-state index contributed by atoms with van der Waals surface area (Å²) in [6.45, 7) is 2.33. The molecular formula is C38H76N2O2. The van der Waals surface area contributed by atoms with Gasteiger partial charge in [-0.15, -0.1) is 0 Å². The topological polar surface area (TPSA) is 86.2 Å². The minimum absolute atomic E-state index is 0.153. The van der Waals surface area contributed by atoms with Gasteiger partial charge in [0, 0.05) is 12.8 Å². The second-order valence-corrected chi connectivity index (χ2v) is 13.6. The third-order valence-corrected chi connectivity index (χ3v) is 9.29. The highest BCUT2D eigenvalue weighted by molar-refractivity contribution is 5.73. The minimum Gasteiger partial charge on any atom is -0.370 e. The molecule has 0 aliphatic heterocycles. The van der Waals surface area contributed by atoms with E-state index in [9.17, 15) is 9.59 Å². The largest absolute Gasteiger partial charge is 0.370 e. The summed E-state index contributed by atoms with van der Waals surface area (Å²) < 4.78 is 0. The van der Waals surface area contributed by atoms with Crippen LogP contribution in [0, 0.1) is 5.92 Å². The smallest absolute Gasteiger partial charge is 0.217 e. The number of carbonyl (C=O) groups excluding carboxylic acids is 2. The molecule has 0 aromatic carbocycles. The second-order valence-electron chi connectivity index (χ2n) is 13.6. The van der Waals surface area contributed by atoms with Crippen molar-refractivity contribution in [3.63, 3.8) is 0 Å². The molecule has 0 bridgehead atoms. The van der Waals surface area contributed by atoms with Gasteiger partial charge >= 0.3 is 0 Å². The Morgan fingerprint density at radius 1 is 0.357 bits per heavy atom. The number of primary amides is 2. The average Bonchev–Trinajstić information content (AvgIpc) is 2.96. The zero-order chi connectivity index (χ0) is 30.8. The maximum absolute atomic E-state index is 10.7. The monoisotopic (exact) mass is 593 g/mol. The molecule has 4 nitrogen and oxygen atoms in total. The third kappa shape index (κ3) is 35.1. The first-order valence-corrected chi connectivity index (χ1v) is 19.1. The molecule has 0 spiro atoms. The van der Waals surface area contributed by atoms with Gasteiger partial charge in [0.05, 0.1) is 0 Å². The molecule has 0 aromatic heterocycles. The standard InChI is InChI=1S/C38H76N2O2/c1-2-3-26-31-36(32-27-22-18-14-10-6-4-8-12-16-20-24-29-34-37(39)41)33-28-23-19-15-11-7-5-9-13-17-21-25-30-35-38(40)42/h36H,2-35H2,1H3,(H2,39,41)(H2,40,42). The van der Waals surface area contributed by atoms with Gasteiger partial charge in [0.15, 0.2) is 0 Å². The predicted octanol–water partition coefficient (Wildman–Crippen LogP) is 11.9. The van der Waals surface area contributed by atoms with Crippen LogP contribution in [0.5, 0.6) is 0 Å². The Kier molecular flexibility index (Phi) is 33.6. The lowest BCUT2D eigenvalue weighted by molar-refractivity contribution is -0.119. The van der Waals surface area contributed by atoms with E-state index < -0.39 is 0 Å². The zero-order valence-corrected chi connectivity index (χ0v) is 28.6. The van der Waals surface area contributed by atoms with Gasteiger partial charge in [-0.2, -0.15) is 0 Å². The van der Waals surface area contributed by atoms with Crippen molar-refractivity contribution in [2.24, 2.45) is 17.4 Å². The van der Waals surface area contributed by atoms with Crippen molar-refractivity contribution in [3.8, 4) is 0 Å². The highest BCUT2D eigenvalue weighted by Gasteiger charge is 2.08. The van der Waals surface area contributed by atoms with Gasteiger partial charge in [-0.1, -0.05) is 200 Å². The lowest BCUT2D eigenvalue weighted by Crippen LogP contribution is -2.09. The molecule has 0 rings (SSSR count). The summed E-state index contributed by atoms with van der Waals surface area (Å²) in [5.74, 6) is 0.684. The maximum atomic E-state index is 10.7. The Morgan fingerprint density at radius 3 is 0.810 bits per heavy atom. The Labute approximate surface area is 263 Å². The quantitative estimate of drug-likeness (QED) is 0.0709. The number of unbranched alkanes of at least 4 members (excludes halogenated alkanes) is 26. The van der Waals surface area contributed by atoms with E-state index in [-0.39, 0.29) is 11.8 Å². The van der Waals surface area contributed by atoms with Crippen molar-refractivity contribution >= 4 is 11.8 Å². The van der Waals surface area contributed by atoms with E-state index in [0.717, 1.165) is 31.6 Å². The number of carbonyl (C=O) groups is 2. The molecule has 0 heterocycles. The van der Waals surface area contributed by atoms with Crippen molar-refractivity contribution < 1.29 is 9.59 Å². The van der Waals surface area contributed by atoms with Gasteiger partial charge in [0.2, 0.25) is 11.8 Å². The molecule has 0 atom stereocenters. The molecule has 0 fully saturated rings. The summed E-state index contributed by atoms with van der Waals surface area (Å²) in [5.41, 5.74) is 10.4. The highest BCUT2D eigenvalue weighted by atomic mass is 16.1. The van der Waals surface area contributed by atoms with Gasteiger partial charge in [-0.05, 0) is 18.8 Å². The lowest BCUT2D eigenvalue weighted by Gasteiger charge is -2.17. The first-order valence-electron chi connectivity index (χ1n) is 19.1. The van der Waals surface area contributed by atoms with Crippen molar-refractivity contribution in [3.05, 3.63) is 0 Å². The molecule has 0 saturated carbocycles. The van der Waals surface area contributed by atoms with Crippen LogP contribution in [-0.4, -0.2) is 11.8 Å². The van der Waals surface area contributed by atoms with Crippen LogP contribution in [0.4, 0.5) is 0 Å². The molecule has 4 heteroatoms. The highest BCUT2D eigenvalue weighted by Crippen LogP contribution is 2.24. The zero-order valence-electron chi connectivity index (χ0n) is 28.6. The summed E-state index contributed by atoms with van der Waals surface area (Å²) in [4.78, 5) is 21.5. The fraction of sp³-hybridized carbons (Fsp3) is 0.947. The maximum Gasteiger partial charge on any atom is 0.217 e. The number of hydrogen-bond donors (Lipinski definition) is 2. The first-order chi connectivity index (χ1) is 20.6. The lowest BCUT2D eigenvalue weighted by atomic mass is 9.89. The summed E-state index contributed by atoms with van der Waals surface area (Å²) in [6, 6.07) is 0. The van der Waals surface area contributed by atoms with E-state index in [1.807, 2.05) is 0 Å². The van der Waals surface area contributed by atoms with Crippen molar-refractivity contribution in [2.45, 2.75) is 225 Å². The molecule has 0 radical (unpaired) electrons. The fourth-order valence-corrected chi connectivity index (χ4v) is 6.47. The van der Waals surface area contributed by atoms with Crippen LogP contribution in [0.15, 0.2) is 0 Å². The summed E-state index contributed by atoms with van der Waals surface area (Å²) >= 11 is 0. The Bertz CT molecular complexity index is 521. The van der Waals surface area contributed by atoms with Crippen LogP contribution in [0.1, 0.15) is 225 Å². The van der Waals surface area contributed by atoms with Gasteiger partial charge in [0.1, 0.15) is 0 Å². The van der Waals surface area contributed by atoms with Gasteiger partial charge in [0.25, 0.3) is 0 Å². The second kappa shape index (κ2) is 34.4. The molecule has 0 saturated heterocycles. The van der Waals surface area contributed by atoms with Crippen LogP contribution >= 0.6 is 0 Å². The minimum atomic E-state index is -0.153. The average molecular weight is 593 g/mol. The molecule has 0 unspecified atom stereocenters. The number of hydrogen-bond acceptors (Lipinski definition) is 2. The first kappa shape index (κ1) is 40.9. The van der Waals surface area contributed by atoms with E-state index in [2.05, 4.69) is 6.92 Å². The van der Waals surface area contributed by atoms with Crippen molar-refractivity contribution in [1.29, 1.82) is 0 Å². The fourth-order valence-electron chi connectivity index (χ4n) is 6.47. The normalized spacial score (nSPS) is 11.5. The van der Waals surface area contributed by atoms with E-state index in [1.165, 1.54) is 180 Å². The molecule has 250 valence electrons. The van der Waals surface area contributed by atoms with Gasteiger partial charge < -0.3 is 11.5 Å². The van der Waals surface area contributed by atoms with E-state index in [1.54, 1.807) is 0 Å². The Morgan fingerprint density at radius 2 is 0.571 bits per heavy atom. The molecule has 0 aliphatic carbocycles. The molecular weight excluding hydrogens is 516 g/mol. The molecule has 2 amide bonds. The van der Waals surface area contributed by atoms with Crippen molar-refractivity contribution in [2.75, 3.05) is 0 Å². The van der Waals surface area contributed by atoms with Crippen molar-refractivity contribution in [1.82, 2.24) is 0 Å². The summed E-state index contributed by atoms with van der Waals surface area (Å²) in [5, 5.41) is 0. The molecule has 0 aliphatic rings. The van der Waals surface area contributed by atoms with Crippen LogP contribution in [0.3, 0.4) is 0 Å². The van der Waals surface area contributed by atoms with Crippen LogP contribution in [-0.2, 0) is 9.59 Å². The summed E-state index contributed by atoms with van der Waals surface area (Å²) in [6.07, 6.45) is 44.8. The Balaban J connectivity index is 3.55. The van der Waals surface area contributed by atoms with Crippen LogP contribution in [0.2, 0.25) is 0 Å². The SMILES string of the molecule is CCCCCC(CCCCCCCCCCCCCCCC(N)=O)CCCCCCCCCCCCCCCC(N)=O. The Hall–Kier alpha value is -1.06. The summed E-state index contributed by atoms with van der Waals surface area (Å²) in [7, 11) is 0. The predicted molar refractivity (Wildman–Crippen MR) is 185 cm³/mol. The molecule has 4 N–H and O–H groups in total. The number of amides is 2.